The van der Waals surface area contributed by atoms with E-state index in [1.807, 2.05) is 29.4 Å². The van der Waals surface area contributed by atoms with Crippen LogP contribution in [-0.4, -0.2) is 45.0 Å². The number of aliphatic imine (C=N–C) groups is 1. The van der Waals surface area contributed by atoms with Gasteiger partial charge in [0.05, 0.1) is 17.5 Å². The van der Waals surface area contributed by atoms with E-state index in [-0.39, 0.29) is 11.9 Å². The molecule has 0 aliphatic carbocycles. The number of thioether (sulfide) groups is 1. The van der Waals surface area contributed by atoms with Gasteiger partial charge in [-0.1, -0.05) is 30.0 Å². The monoisotopic (exact) mass is 356 g/mol. The molecule has 0 bridgehead atoms. The van der Waals surface area contributed by atoms with Gasteiger partial charge in [0.25, 0.3) is 0 Å². The number of carbonyl (C=O) groups excluding carboxylic acids is 1. The zero-order chi connectivity index (χ0) is 17.4. The average Bonchev–Trinajstić information content (AvgIpc) is 3.09. The van der Waals surface area contributed by atoms with Gasteiger partial charge in [-0.05, 0) is 39.2 Å². The summed E-state index contributed by atoms with van der Waals surface area (Å²) in [5.41, 5.74) is 2.22. The lowest BCUT2D eigenvalue weighted by Crippen LogP contribution is -2.48. The van der Waals surface area contributed by atoms with Gasteiger partial charge in [-0.2, -0.15) is 5.10 Å². The molecule has 1 aromatic carbocycles. The molecule has 1 fully saturated rings. The second-order valence-electron chi connectivity index (χ2n) is 7.07. The number of hydrazone groups is 1. The quantitative estimate of drug-likeness (QED) is 0.806. The molecule has 0 saturated carbocycles. The Morgan fingerprint density at radius 2 is 2.00 bits per heavy atom. The van der Waals surface area contributed by atoms with Crippen LogP contribution in [0.15, 0.2) is 34.4 Å². The number of amidine groups is 1. The van der Waals surface area contributed by atoms with E-state index in [1.165, 1.54) is 23.7 Å². The number of fused-ring (bicyclic) bond motifs is 3. The van der Waals surface area contributed by atoms with Crippen molar-refractivity contribution in [3.05, 3.63) is 29.8 Å². The van der Waals surface area contributed by atoms with Crippen molar-refractivity contribution in [2.45, 2.75) is 57.7 Å². The van der Waals surface area contributed by atoms with Crippen molar-refractivity contribution in [1.29, 1.82) is 0 Å². The number of likely N-dealkylation sites (tertiary alicyclic amines) is 1. The Kier molecular flexibility index (Phi) is 4.54. The second-order valence-corrected chi connectivity index (χ2v) is 8.01. The van der Waals surface area contributed by atoms with E-state index < -0.39 is 0 Å². The fourth-order valence-corrected chi connectivity index (χ4v) is 4.97. The third-order valence-corrected chi connectivity index (χ3v) is 6.27. The first-order valence-electron chi connectivity index (χ1n) is 9.08. The highest BCUT2D eigenvalue weighted by Gasteiger charge is 2.34. The van der Waals surface area contributed by atoms with Crippen LogP contribution in [0.25, 0.3) is 0 Å². The number of hydrogen-bond acceptors (Lipinski definition) is 5. The predicted molar refractivity (Wildman–Crippen MR) is 103 cm³/mol. The van der Waals surface area contributed by atoms with Gasteiger partial charge in [0.1, 0.15) is 0 Å². The van der Waals surface area contributed by atoms with E-state index in [2.05, 4.69) is 29.9 Å². The molecule has 0 spiro atoms. The maximum Gasteiger partial charge on any atom is 0.233 e. The summed E-state index contributed by atoms with van der Waals surface area (Å²) >= 11 is 1.51. The molecule has 5 nitrogen and oxygen atoms in total. The largest absolute Gasteiger partial charge is 0.337 e. The van der Waals surface area contributed by atoms with Crippen molar-refractivity contribution in [3.63, 3.8) is 0 Å². The minimum atomic E-state index is 0.214. The van der Waals surface area contributed by atoms with Gasteiger partial charge in [0.2, 0.25) is 5.91 Å². The Morgan fingerprint density at radius 1 is 1.24 bits per heavy atom. The predicted octanol–water partition coefficient (Wildman–Crippen LogP) is 3.94. The van der Waals surface area contributed by atoms with Crippen molar-refractivity contribution < 1.29 is 4.79 Å². The molecule has 3 unspecified atom stereocenters. The normalized spacial score (nSPS) is 27.8. The van der Waals surface area contributed by atoms with Gasteiger partial charge in [-0.3, -0.25) is 4.79 Å². The maximum absolute atomic E-state index is 12.8. The summed E-state index contributed by atoms with van der Waals surface area (Å²) in [5, 5.41) is 7.30. The molecule has 0 N–H and O–H groups in total. The molecule has 6 heteroatoms. The molecule has 132 valence electrons. The molecule has 1 saturated heterocycles. The summed E-state index contributed by atoms with van der Waals surface area (Å²) in [4.78, 5) is 19.6. The highest BCUT2D eigenvalue weighted by molar-refractivity contribution is 8.14. The van der Waals surface area contributed by atoms with Crippen LogP contribution in [0, 0.1) is 0 Å². The molecule has 3 heterocycles. The number of nitrogens with zero attached hydrogens (tertiary/aromatic N) is 4. The molecule has 1 amide bonds. The van der Waals surface area contributed by atoms with Crippen molar-refractivity contribution in [2.75, 3.05) is 5.75 Å². The number of piperidine rings is 1. The first kappa shape index (κ1) is 16.6. The summed E-state index contributed by atoms with van der Waals surface area (Å²) < 4.78 is 0. The number of amides is 1. The molecule has 25 heavy (non-hydrogen) atoms. The fraction of sp³-hybridized carbons (Fsp3) is 0.526. The van der Waals surface area contributed by atoms with Crippen LogP contribution in [-0.2, 0) is 4.79 Å². The Morgan fingerprint density at radius 3 is 2.80 bits per heavy atom. The summed E-state index contributed by atoms with van der Waals surface area (Å²) in [6, 6.07) is 9.12. The van der Waals surface area contributed by atoms with Crippen LogP contribution >= 0.6 is 11.8 Å². The molecule has 4 rings (SSSR count). The summed E-state index contributed by atoms with van der Waals surface area (Å²) in [5.74, 6) is 0.639. The van der Waals surface area contributed by atoms with Crippen LogP contribution < -0.4 is 0 Å². The van der Waals surface area contributed by atoms with Crippen molar-refractivity contribution >= 4 is 34.7 Å². The van der Waals surface area contributed by atoms with Gasteiger partial charge >= 0.3 is 0 Å². The number of benzene rings is 1. The van der Waals surface area contributed by atoms with Gasteiger partial charge in [0.15, 0.2) is 5.17 Å². The van der Waals surface area contributed by atoms with E-state index >= 15 is 0 Å². The standard InChI is InChI=1S/C19H24N4OS/c1-13-6-5-7-14(2)22(13)18(24)12-25-19-21-16-9-4-3-8-15(16)17-10-11-20-23(17)19/h3-4,8-9,11,13-14,17H,5-7,10,12H2,1-2H3. The van der Waals surface area contributed by atoms with Crippen molar-refractivity contribution in [3.8, 4) is 0 Å². The summed E-state index contributed by atoms with van der Waals surface area (Å²) in [6.07, 6.45) is 6.26. The number of para-hydroxylation sites is 1. The molecule has 0 radical (unpaired) electrons. The van der Waals surface area contributed by atoms with Gasteiger partial charge < -0.3 is 4.90 Å². The van der Waals surface area contributed by atoms with Crippen molar-refractivity contribution in [1.82, 2.24) is 9.91 Å². The highest BCUT2D eigenvalue weighted by atomic mass is 32.2. The van der Waals surface area contributed by atoms with Gasteiger partial charge in [0, 0.05) is 30.3 Å². The lowest BCUT2D eigenvalue weighted by atomic mass is 9.98. The van der Waals surface area contributed by atoms with Gasteiger partial charge in [-0.25, -0.2) is 10.0 Å². The minimum Gasteiger partial charge on any atom is -0.337 e. The van der Waals surface area contributed by atoms with Crippen LogP contribution in [0.1, 0.15) is 51.1 Å². The zero-order valence-corrected chi connectivity index (χ0v) is 15.6. The SMILES string of the molecule is CC1CCCC(C)N1C(=O)CSC1=Nc2ccccc2C2CC=NN12. The van der Waals surface area contributed by atoms with Gasteiger partial charge in [-0.15, -0.1) is 0 Å². The molecule has 1 aromatic rings. The molecule has 0 aromatic heterocycles. The molecule has 3 aliphatic heterocycles. The zero-order valence-electron chi connectivity index (χ0n) is 14.8. The number of hydrogen-bond donors (Lipinski definition) is 0. The van der Waals surface area contributed by atoms with Crippen molar-refractivity contribution in [2.24, 2.45) is 10.1 Å². The Labute approximate surface area is 153 Å². The fourth-order valence-electron chi connectivity index (χ4n) is 4.09. The van der Waals surface area contributed by atoms with Crippen LogP contribution in [0.4, 0.5) is 5.69 Å². The number of carbonyl (C=O) groups is 1. The first-order valence-corrected chi connectivity index (χ1v) is 10.1. The Bertz CT molecular complexity index is 722. The lowest BCUT2D eigenvalue weighted by Gasteiger charge is -2.39. The third kappa shape index (κ3) is 3.08. The molecular weight excluding hydrogens is 332 g/mol. The average molecular weight is 356 g/mol. The van der Waals surface area contributed by atoms with Crippen LogP contribution in [0.2, 0.25) is 0 Å². The molecule has 3 aliphatic rings. The van der Waals surface area contributed by atoms with Crippen LogP contribution in [0.5, 0.6) is 0 Å². The van der Waals surface area contributed by atoms with E-state index in [9.17, 15) is 4.79 Å². The Balaban J connectivity index is 1.50. The van der Waals surface area contributed by atoms with Crippen LogP contribution in [0.3, 0.4) is 0 Å². The van der Waals surface area contributed by atoms with E-state index in [4.69, 9.17) is 4.99 Å². The summed E-state index contributed by atoms with van der Waals surface area (Å²) in [7, 11) is 0. The summed E-state index contributed by atoms with van der Waals surface area (Å²) in [6.45, 7) is 4.32. The smallest absolute Gasteiger partial charge is 0.233 e. The third-order valence-electron chi connectivity index (χ3n) is 5.34. The second kappa shape index (κ2) is 6.83. The number of rotatable bonds is 2. The van der Waals surface area contributed by atoms with E-state index in [0.29, 0.717) is 17.8 Å². The molecular formula is C19H24N4OS. The molecule has 3 atom stereocenters. The lowest BCUT2D eigenvalue weighted by molar-refractivity contribution is -0.134. The van der Waals surface area contributed by atoms with E-state index in [1.54, 1.807) is 0 Å². The van der Waals surface area contributed by atoms with E-state index in [0.717, 1.165) is 30.1 Å². The Hall–Kier alpha value is -1.82. The topological polar surface area (TPSA) is 48.3 Å². The first-order chi connectivity index (χ1) is 12.1. The minimum absolute atomic E-state index is 0.214. The maximum atomic E-state index is 12.8. The highest BCUT2D eigenvalue weighted by Crippen LogP contribution is 2.41.